The Balaban J connectivity index is 0.00000220. The largest absolute Gasteiger partial charge is 0.465 e. The summed E-state index contributed by atoms with van der Waals surface area (Å²) in [6.45, 7) is 11.5. The van der Waals surface area contributed by atoms with Gasteiger partial charge in [-0.2, -0.15) is 5.10 Å². The Hall–Kier alpha value is -1.11. The first kappa shape index (κ1) is 17.9. The summed E-state index contributed by atoms with van der Waals surface area (Å²) < 4.78 is 6.74. The highest BCUT2D eigenvalue weighted by Gasteiger charge is 2.18. The van der Waals surface area contributed by atoms with E-state index in [2.05, 4.69) is 15.3 Å². The molecule has 1 N–H and O–H groups in total. The zero-order chi connectivity index (χ0) is 14.5. The summed E-state index contributed by atoms with van der Waals surface area (Å²) in [5.74, 6) is -0.230. The van der Waals surface area contributed by atoms with Gasteiger partial charge in [0.15, 0.2) is 0 Å². The van der Waals surface area contributed by atoms with Gasteiger partial charge in [-0.05, 0) is 20.8 Å². The molecule has 1 fully saturated rings. The number of hydrogen-bond donors (Lipinski definition) is 1. The van der Waals surface area contributed by atoms with Crippen molar-refractivity contribution in [3.8, 4) is 0 Å². The quantitative estimate of drug-likeness (QED) is 0.818. The minimum Gasteiger partial charge on any atom is -0.465 e. The first-order chi connectivity index (χ1) is 9.61. The lowest BCUT2D eigenvalue weighted by Crippen LogP contribution is -2.43. The van der Waals surface area contributed by atoms with E-state index in [0.29, 0.717) is 6.61 Å². The van der Waals surface area contributed by atoms with Crippen molar-refractivity contribution < 1.29 is 9.53 Å². The third kappa shape index (κ3) is 4.69. The zero-order valence-corrected chi connectivity index (χ0v) is 13.8. The minimum atomic E-state index is -0.230. The Labute approximate surface area is 132 Å². The van der Waals surface area contributed by atoms with Crippen LogP contribution < -0.4 is 5.32 Å². The van der Waals surface area contributed by atoms with Crippen molar-refractivity contribution >= 4 is 18.4 Å². The molecule has 7 heteroatoms. The van der Waals surface area contributed by atoms with Gasteiger partial charge in [-0.15, -0.1) is 12.4 Å². The van der Waals surface area contributed by atoms with Gasteiger partial charge in [0.2, 0.25) is 0 Å². The first-order valence-electron chi connectivity index (χ1n) is 7.23. The van der Waals surface area contributed by atoms with Crippen molar-refractivity contribution in [3.05, 3.63) is 17.0 Å². The number of rotatable bonds is 5. The summed E-state index contributed by atoms with van der Waals surface area (Å²) in [5.41, 5.74) is 3.30. The Morgan fingerprint density at radius 3 is 2.62 bits per heavy atom. The molecule has 0 amide bonds. The van der Waals surface area contributed by atoms with Crippen LogP contribution in [0.5, 0.6) is 0 Å². The second-order valence-corrected chi connectivity index (χ2v) is 5.14. The second-order valence-electron chi connectivity index (χ2n) is 5.14. The van der Waals surface area contributed by atoms with Crippen molar-refractivity contribution in [1.29, 1.82) is 0 Å². The fraction of sp³-hybridized carbons (Fsp3) is 0.714. The van der Waals surface area contributed by atoms with Crippen LogP contribution in [0.2, 0.25) is 0 Å². The molecule has 1 aromatic heterocycles. The number of aromatic nitrogens is 2. The van der Waals surface area contributed by atoms with Gasteiger partial charge < -0.3 is 10.1 Å². The Bertz CT molecular complexity index is 470. The molecule has 0 saturated carbocycles. The normalized spacial score (nSPS) is 15.6. The maximum Gasteiger partial charge on any atom is 0.327 e. The summed E-state index contributed by atoms with van der Waals surface area (Å²) in [7, 11) is 0. The summed E-state index contributed by atoms with van der Waals surface area (Å²) in [4.78, 5) is 14.0. The predicted molar refractivity (Wildman–Crippen MR) is 83.7 cm³/mol. The Kier molecular flexibility index (Phi) is 7.14. The van der Waals surface area contributed by atoms with E-state index in [1.807, 2.05) is 20.8 Å². The molecule has 21 heavy (non-hydrogen) atoms. The molecule has 0 radical (unpaired) electrons. The molecule has 1 aromatic rings. The Morgan fingerprint density at radius 2 is 2.00 bits per heavy atom. The molecule has 1 saturated heterocycles. The van der Waals surface area contributed by atoms with Gasteiger partial charge in [-0.3, -0.25) is 14.4 Å². The number of carbonyl (C=O) groups excluding carboxylic acids is 1. The fourth-order valence-electron chi connectivity index (χ4n) is 2.54. The lowest BCUT2D eigenvalue weighted by atomic mass is 10.1. The van der Waals surface area contributed by atoms with Gasteiger partial charge >= 0.3 is 5.97 Å². The SMILES string of the molecule is CCOC(=O)Cn1nc(C)c(CN2CCNCC2)c1C.Cl. The van der Waals surface area contributed by atoms with Crippen molar-refractivity contribution in [2.24, 2.45) is 0 Å². The number of hydrogen-bond acceptors (Lipinski definition) is 5. The topological polar surface area (TPSA) is 59.4 Å². The van der Waals surface area contributed by atoms with Crippen LogP contribution in [0.3, 0.4) is 0 Å². The smallest absolute Gasteiger partial charge is 0.327 e. The van der Waals surface area contributed by atoms with Crippen LogP contribution in [0.1, 0.15) is 23.9 Å². The Morgan fingerprint density at radius 1 is 1.33 bits per heavy atom. The molecule has 2 heterocycles. The summed E-state index contributed by atoms with van der Waals surface area (Å²) in [6.07, 6.45) is 0. The first-order valence-corrected chi connectivity index (χ1v) is 7.23. The average Bonchev–Trinajstić information content (AvgIpc) is 2.68. The molecule has 0 unspecified atom stereocenters. The maximum atomic E-state index is 11.6. The molecular weight excluding hydrogens is 292 g/mol. The molecule has 0 aliphatic carbocycles. The molecule has 0 bridgehead atoms. The van der Waals surface area contributed by atoms with Crippen LogP contribution in [0.25, 0.3) is 0 Å². The highest BCUT2D eigenvalue weighted by molar-refractivity contribution is 5.85. The number of aryl methyl sites for hydroxylation is 1. The van der Waals surface area contributed by atoms with Crippen molar-refractivity contribution in [1.82, 2.24) is 20.0 Å². The van der Waals surface area contributed by atoms with E-state index < -0.39 is 0 Å². The molecule has 120 valence electrons. The third-order valence-electron chi connectivity index (χ3n) is 3.71. The van der Waals surface area contributed by atoms with Gasteiger partial charge in [-0.25, -0.2) is 0 Å². The van der Waals surface area contributed by atoms with Crippen LogP contribution >= 0.6 is 12.4 Å². The van der Waals surface area contributed by atoms with Gasteiger partial charge in [0.05, 0.1) is 12.3 Å². The van der Waals surface area contributed by atoms with E-state index >= 15 is 0 Å². The number of esters is 1. The lowest BCUT2D eigenvalue weighted by molar-refractivity contribution is -0.144. The van der Waals surface area contributed by atoms with Gasteiger partial charge in [-0.1, -0.05) is 0 Å². The molecular formula is C14H25ClN4O2. The summed E-state index contributed by atoms with van der Waals surface area (Å²) in [6, 6.07) is 0. The zero-order valence-electron chi connectivity index (χ0n) is 13.0. The predicted octanol–water partition coefficient (Wildman–Crippen LogP) is 0.890. The highest BCUT2D eigenvalue weighted by Crippen LogP contribution is 2.16. The third-order valence-corrected chi connectivity index (χ3v) is 3.71. The van der Waals surface area contributed by atoms with Crippen LogP contribution in [0.15, 0.2) is 0 Å². The number of ether oxygens (including phenoxy) is 1. The molecule has 6 nitrogen and oxygen atoms in total. The molecule has 1 aliphatic heterocycles. The highest BCUT2D eigenvalue weighted by atomic mass is 35.5. The lowest BCUT2D eigenvalue weighted by Gasteiger charge is -2.27. The van der Waals surface area contributed by atoms with Crippen LogP contribution in [-0.4, -0.2) is 53.4 Å². The molecule has 1 aliphatic rings. The van der Waals surface area contributed by atoms with Gasteiger partial charge in [0.1, 0.15) is 6.54 Å². The van der Waals surface area contributed by atoms with Crippen molar-refractivity contribution in [3.63, 3.8) is 0 Å². The van der Waals surface area contributed by atoms with E-state index in [4.69, 9.17) is 4.74 Å². The number of carbonyl (C=O) groups is 1. The maximum absolute atomic E-state index is 11.6. The van der Waals surface area contributed by atoms with Crippen LogP contribution in [0.4, 0.5) is 0 Å². The number of nitrogens with one attached hydrogen (secondary N) is 1. The van der Waals surface area contributed by atoms with Crippen molar-refractivity contribution in [2.45, 2.75) is 33.9 Å². The van der Waals surface area contributed by atoms with Crippen molar-refractivity contribution in [2.75, 3.05) is 32.8 Å². The molecule has 0 spiro atoms. The van der Waals surface area contributed by atoms with E-state index in [0.717, 1.165) is 44.1 Å². The average molecular weight is 317 g/mol. The summed E-state index contributed by atoms with van der Waals surface area (Å²) in [5, 5.41) is 7.82. The van der Waals surface area contributed by atoms with E-state index in [9.17, 15) is 4.79 Å². The fourth-order valence-corrected chi connectivity index (χ4v) is 2.54. The standard InChI is InChI=1S/C14H24N4O2.ClH/c1-4-20-14(19)10-18-12(3)13(11(2)16-18)9-17-7-5-15-6-8-17;/h15H,4-10H2,1-3H3;1H. The van der Waals surface area contributed by atoms with Gasteiger partial charge in [0.25, 0.3) is 0 Å². The summed E-state index contributed by atoms with van der Waals surface area (Å²) >= 11 is 0. The van der Waals surface area contributed by atoms with Crippen LogP contribution in [0, 0.1) is 13.8 Å². The molecule has 0 aromatic carbocycles. The van der Waals surface area contributed by atoms with Gasteiger partial charge in [0, 0.05) is 44.0 Å². The van der Waals surface area contributed by atoms with E-state index in [1.165, 1.54) is 5.56 Å². The number of halogens is 1. The van der Waals surface area contributed by atoms with E-state index in [-0.39, 0.29) is 24.9 Å². The molecule has 0 atom stereocenters. The van der Waals surface area contributed by atoms with E-state index in [1.54, 1.807) is 4.68 Å². The second kappa shape index (κ2) is 8.36. The molecule has 2 rings (SSSR count). The number of piperazine rings is 1. The van der Waals surface area contributed by atoms with Crippen LogP contribution in [-0.2, 0) is 22.6 Å². The minimum absolute atomic E-state index is 0. The number of nitrogens with zero attached hydrogens (tertiary/aromatic N) is 3. The monoisotopic (exact) mass is 316 g/mol.